The molecule has 0 fully saturated rings. The summed E-state index contributed by atoms with van der Waals surface area (Å²) in [7, 11) is -3.59. The maximum atomic E-state index is 12.4. The quantitative estimate of drug-likeness (QED) is 0.739. The Bertz CT molecular complexity index is 946. The second kappa shape index (κ2) is 8.57. The Morgan fingerprint density at radius 3 is 2.63 bits per heavy atom. The van der Waals surface area contributed by atoms with Gasteiger partial charge in [0, 0.05) is 11.9 Å². The second-order valence-corrected chi connectivity index (χ2v) is 8.88. The van der Waals surface area contributed by atoms with Crippen molar-refractivity contribution in [3.63, 3.8) is 0 Å². The van der Waals surface area contributed by atoms with Crippen LogP contribution in [0.25, 0.3) is 10.8 Å². The van der Waals surface area contributed by atoms with Crippen LogP contribution in [0.5, 0.6) is 0 Å². The maximum absolute atomic E-state index is 12.4. The number of anilines is 1. The van der Waals surface area contributed by atoms with Crippen molar-refractivity contribution in [1.82, 2.24) is 5.32 Å². The molecular weight excluding hydrogens is 360 g/mol. The fourth-order valence-electron chi connectivity index (χ4n) is 3.49. The van der Waals surface area contributed by atoms with Crippen LogP contribution >= 0.6 is 0 Å². The zero-order valence-corrected chi connectivity index (χ0v) is 16.5. The van der Waals surface area contributed by atoms with E-state index in [0.29, 0.717) is 12.2 Å². The summed E-state index contributed by atoms with van der Waals surface area (Å²) in [5.41, 5.74) is 1.91. The number of benzene rings is 2. The van der Waals surface area contributed by atoms with E-state index in [9.17, 15) is 13.2 Å². The molecule has 0 aliphatic heterocycles. The highest BCUT2D eigenvalue weighted by Crippen LogP contribution is 2.28. The van der Waals surface area contributed by atoms with E-state index in [1.807, 2.05) is 36.4 Å². The normalized spacial score (nSPS) is 14.6. The molecule has 0 aromatic heterocycles. The van der Waals surface area contributed by atoms with Gasteiger partial charge in [0.1, 0.15) is 6.54 Å². The van der Waals surface area contributed by atoms with Crippen LogP contribution in [0.2, 0.25) is 0 Å². The molecule has 0 unspecified atom stereocenters. The standard InChI is InChI=1S/C21H26N2O3S/c1-27(25,26)23(20-13-7-11-18-10-5-6-12-19(18)20)16-21(24)22-15-14-17-8-3-2-4-9-17/h5-8,10-13H,2-4,9,14-16H2,1H3,(H,22,24). The number of carbonyl (C=O) groups is 1. The minimum Gasteiger partial charge on any atom is -0.354 e. The number of allylic oxidation sites excluding steroid dienone is 1. The van der Waals surface area contributed by atoms with Gasteiger partial charge in [-0.2, -0.15) is 0 Å². The molecule has 1 aliphatic rings. The third-order valence-electron chi connectivity index (χ3n) is 4.88. The third-order valence-corrected chi connectivity index (χ3v) is 6.00. The molecule has 0 radical (unpaired) electrons. The summed E-state index contributed by atoms with van der Waals surface area (Å²) in [6.45, 7) is 0.323. The van der Waals surface area contributed by atoms with Crippen molar-refractivity contribution < 1.29 is 13.2 Å². The Morgan fingerprint density at radius 1 is 1.11 bits per heavy atom. The largest absolute Gasteiger partial charge is 0.354 e. The fourth-order valence-corrected chi connectivity index (χ4v) is 4.36. The molecule has 0 saturated carbocycles. The molecule has 5 nitrogen and oxygen atoms in total. The molecular formula is C21H26N2O3S. The van der Waals surface area contributed by atoms with Crippen LogP contribution < -0.4 is 9.62 Å². The van der Waals surface area contributed by atoms with E-state index in [1.54, 1.807) is 6.07 Å². The molecule has 1 aliphatic carbocycles. The number of fused-ring (bicyclic) bond motifs is 1. The molecule has 0 saturated heterocycles. The van der Waals surface area contributed by atoms with Gasteiger partial charge < -0.3 is 5.32 Å². The van der Waals surface area contributed by atoms with Gasteiger partial charge in [-0.3, -0.25) is 9.10 Å². The lowest BCUT2D eigenvalue weighted by molar-refractivity contribution is -0.119. The summed E-state index contributed by atoms with van der Waals surface area (Å²) in [5, 5.41) is 4.61. The van der Waals surface area contributed by atoms with E-state index < -0.39 is 10.0 Å². The lowest BCUT2D eigenvalue weighted by atomic mass is 9.97. The van der Waals surface area contributed by atoms with E-state index >= 15 is 0 Å². The summed E-state index contributed by atoms with van der Waals surface area (Å²) >= 11 is 0. The smallest absolute Gasteiger partial charge is 0.240 e. The summed E-state index contributed by atoms with van der Waals surface area (Å²) in [6.07, 6.45) is 8.89. The highest BCUT2D eigenvalue weighted by molar-refractivity contribution is 7.92. The first-order chi connectivity index (χ1) is 12.9. The lowest BCUT2D eigenvalue weighted by Gasteiger charge is -2.23. The number of nitrogens with zero attached hydrogens (tertiary/aromatic N) is 1. The molecule has 27 heavy (non-hydrogen) atoms. The Balaban J connectivity index is 1.72. The van der Waals surface area contributed by atoms with Crippen molar-refractivity contribution in [2.75, 3.05) is 23.7 Å². The molecule has 0 bridgehead atoms. The summed E-state index contributed by atoms with van der Waals surface area (Å²) in [4.78, 5) is 12.4. The first-order valence-electron chi connectivity index (χ1n) is 9.35. The van der Waals surface area contributed by atoms with E-state index in [2.05, 4.69) is 11.4 Å². The van der Waals surface area contributed by atoms with E-state index in [-0.39, 0.29) is 12.5 Å². The SMILES string of the molecule is CS(=O)(=O)N(CC(=O)NCCC1=CCCCC1)c1cccc2ccccc12. The van der Waals surface area contributed by atoms with Crippen molar-refractivity contribution in [3.8, 4) is 0 Å². The number of sulfonamides is 1. The molecule has 144 valence electrons. The average Bonchev–Trinajstić information content (AvgIpc) is 2.66. The van der Waals surface area contributed by atoms with E-state index in [0.717, 1.165) is 36.3 Å². The lowest BCUT2D eigenvalue weighted by Crippen LogP contribution is -2.40. The van der Waals surface area contributed by atoms with Gasteiger partial charge in [0.2, 0.25) is 15.9 Å². The maximum Gasteiger partial charge on any atom is 0.240 e. The molecule has 1 amide bonds. The van der Waals surface area contributed by atoms with E-state index in [4.69, 9.17) is 0 Å². The number of nitrogens with one attached hydrogen (secondary N) is 1. The van der Waals surface area contributed by atoms with Gasteiger partial charge >= 0.3 is 0 Å². The van der Waals surface area contributed by atoms with Crippen molar-refractivity contribution in [2.24, 2.45) is 0 Å². The van der Waals surface area contributed by atoms with Crippen LogP contribution in [0.1, 0.15) is 32.1 Å². The summed E-state index contributed by atoms with van der Waals surface area (Å²) in [6, 6.07) is 13.0. The Labute approximate surface area is 161 Å². The number of hydrogen-bond acceptors (Lipinski definition) is 3. The van der Waals surface area contributed by atoms with Gasteiger partial charge in [0.25, 0.3) is 0 Å². The van der Waals surface area contributed by atoms with Crippen LogP contribution in [-0.2, 0) is 14.8 Å². The van der Waals surface area contributed by atoms with Gasteiger partial charge in [0.05, 0.1) is 11.9 Å². The van der Waals surface area contributed by atoms with Crippen molar-refractivity contribution in [1.29, 1.82) is 0 Å². The monoisotopic (exact) mass is 386 g/mol. The van der Waals surface area contributed by atoms with Crippen LogP contribution in [0, 0.1) is 0 Å². The molecule has 3 rings (SSSR count). The minimum absolute atomic E-state index is 0.216. The average molecular weight is 387 g/mol. The topological polar surface area (TPSA) is 66.5 Å². The van der Waals surface area contributed by atoms with Crippen molar-refractivity contribution >= 4 is 32.4 Å². The first-order valence-corrected chi connectivity index (χ1v) is 11.2. The van der Waals surface area contributed by atoms with Gasteiger partial charge in [0.15, 0.2) is 0 Å². The van der Waals surface area contributed by atoms with Crippen LogP contribution in [-0.4, -0.2) is 33.7 Å². The minimum atomic E-state index is -3.59. The molecule has 6 heteroatoms. The molecule has 2 aromatic carbocycles. The van der Waals surface area contributed by atoms with Crippen molar-refractivity contribution in [3.05, 3.63) is 54.1 Å². The number of carbonyl (C=O) groups excluding carboxylic acids is 1. The number of rotatable bonds is 7. The fraction of sp³-hybridized carbons (Fsp3) is 0.381. The summed E-state index contributed by atoms with van der Waals surface area (Å²) < 4.78 is 25.9. The van der Waals surface area contributed by atoms with Crippen molar-refractivity contribution in [2.45, 2.75) is 32.1 Å². The predicted octanol–water partition coefficient (Wildman–Crippen LogP) is 3.61. The Hall–Kier alpha value is -2.34. The summed E-state index contributed by atoms with van der Waals surface area (Å²) in [5.74, 6) is -0.287. The predicted molar refractivity (Wildman–Crippen MR) is 110 cm³/mol. The molecule has 0 spiro atoms. The molecule has 0 atom stereocenters. The van der Waals surface area contributed by atoms with Crippen LogP contribution in [0.3, 0.4) is 0 Å². The van der Waals surface area contributed by atoms with Gasteiger partial charge in [-0.15, -0.1) is 0 Å². The highest BCUT2D eigenvalue weighted by atomic mass is 32.2. The van der Waals surface area contributed by atoms with Gasteiger partial charge in [-0.05, 0) is 43.6 Å². The third kappa shape index (κ3) is 5.10. The van der Waals surface area contributed by atoms with Gasteiger partial charge in [-0.1, -0.05) is 48.0 Å². The Morgan fingerprint density at radius 2 is 1.89 bits per heavy atom. The van der Waals surface area contributed by atoms with E-state index in [1.165, 1.54) is 22.7 Å². The Kier molecular flexibility index (Phi) is 6.16. The molecule has 2 aromatic rings. The van der Waals surface area contributed by atoms with Crippen LogP contribution in [0.4, 0.5) is 5.69 Å². The first kappa shape index (κ1) is 19.4. The second-order valence-electron chi connectivity index (χ2n) is 6.98. The number of hydrogen-bond donors (Lipinski definition) is 1. The van der Waals surface area contributed by atoms with Gasteiger partial charge in [-0.25, -0.2) is 8.42 Å². The molecule has 1 N–H and O–H groups in total. The number of amides is 1. The zero-order chi connectivity index (χ0) is 19.3. The highest BCUT2D eigenvalue weighted by Gasteiger charge is 2.22. The molecule has 0 heterocycles. The zero-order valence-electron chi connectivity index (χ0n) is 15.6. The van der Waals surface area contributed by atoms with Crippen LogP contribution in [0.15, 0.2) is 54.1 Å².